The molecule has 4 saturated carbocycles. The fraction of sp³-hybridized carbons (Fsp3) is 1.00. The summed E-state index contributed by atoms with van der Waals surface area (Å²) in [6, 6.07) is 0. The topological polar surface area (TPSA) is 0 Å². The average molecular weight is 314 g/mol. The summed E-state index contributed by atoms with van der Waals surface area (Å²) in [6.45, 7) is 0. The minimum absolute atomic E-state index is 0.222. The predicted molar refractivity (Wildman–Crippen MR) is 64.2 cm³/mol. The monoisotopic (exact) mass is 314 g/mol. The van der Waals surface area contributed by atoms with Crippen LogP contribution in [0.1, 0.15) is 38.5 Å². The van der Waals surface area contributed by atoms with E-state index in [-0.39, 0.29) is 4.25 Å². The third-order valence-electron chi connectivity index (χ3n) is 4.64. The van der Waals surface area contributed by atoms with Crippen LogP contribution in [0.15, 0.2) is 0 Å². The van der Waals surface area contributed by atoms with Crippen molar-refractivity contribution in [1.82, 2.24) is 0 Å². The van der Waals surface area contributed by atoms with E-state index in [9.17, 15) is 0 Å². The van der Waals surface area contributed by atoms with E-state index < -0.39 is 10.5 Å². The number of rotatable bonds is 1. The fourth-order valence-electron chi connectivity index (χ4n) is 4.46. The normalized spacial score (nSPS) is 51.2. The molecule has 0 atom stereocenters. The van der Waals surface area contributed by atoms with Crippen molar-refractivity contribution in [3.63, 3.8) is 0 Å². The number of halogens is 3. The van der Waals surface area contributed by atoms with E-state index in [1.54, 1.807) is 0 Å². The van der Waals surface area contributed by atoms with Gasteiger partial charge in [0, 0.05) is 0 Å². The molecule has 4 heteroatoms. The van der Waals surface area contributed by atoms with Crippen LogP contribution < -0.4 is 0 Å². The van der Waals surface area contributed by atoms with E-state index >= 15 is 0 Å². The van der Waals surface area contributed by atoms with Crippen LogP contribution in [-0.4, -0.2) is 10.5 Å². The van der Waals surface area contributed by atoms with Crippen LogP contribution in [0.3, 0.4) is 0 Å². The molecule has 0 aromatic rings. The first-order chi connectivity index (χ1) is 6.48. The molecular formula is C10H15Cl3Ge. The van der Waals surface area contributed by atoms with Crippen molar-refractivity contribution >= 4 is 40.5 Å². The van der Waals surface area contributed by atoms with Gasteiger partial charge in [-0.3, -0.25) is 0 Å². The third-order valence-corrected chi connectivity index (χ3v) is 14.7. The summed E-state index contributed by atoms with van der Waals surface area (Å²) < 4.78 is 0.222. The molecule has 4 fully saturated rings. The second-order valence-corrected chi connectivity index (χ2v) is 21.9. The van der Waals surface area contributed by atoms with Gasteiger partial charge in [0.25, 0.3) is 0 Å². The van der Waals surface area contributed by atoms with Gasteiger partial charge in [-0.05, 0) is 0 Å². The molecule has 4 rings (SSSR count). The Morgan fingerprint density at radius 2 is 1.14 bits per heavy atom. The first kappa shape index (κ1) is 10.6. The SMILES string of the molecule is [Cl][Ge]([Cl])([Cl])[C]12CC3CC(CC(C3)C1)C2. The first-order valence-corrected chi connectivity index (χ1v) is 14.9. The minimum atomic E-state index is -3.01. The average Bonchev–Trinajstić information content (AvgIpc) is 1.98. The van der Waals surface area contributed by atoms with Gasteiger partial charge in [-0.1, -0.05) is 0 Å². The molecule has 0 aromatic carbocycles. The van der Waals surface area contributed by atoms with Gasteiger partial charge in [0.05, 0.1) is 0 Å². The fourth-order valence-corrected chi connectivity index (χ4v) is 11.3. The van der Waals surface area contributed by atoms with Gasteiger partial charge in [0.15, 0.2) is 0 Å². The Bertz CT molecular complexity index is 223. The molecule has 0 radical (unpaired) electrons. The van der Waals surface area contributed by atoms with Crippen LogP contribution in [0.5, 0.6) is 0 Å². The Balaban J connectivity index is 1.95. The molecule has 14 heavy (non-hydrogen) atoms. The number of hydrogen-bond acceptors (Lipinski definition) is 0. The van der Waals surface area contributed by atoms with E-state index in [0.717, 1.165) is 17.8 Å². The zero-order valence-corrected chi connectivity index (χ0v) is 12.5. The van der Waals surface area contributed by atoms with Crippen molar-refractivity contribution in [2.45, 2.75) is 42.8 Å². The van der Waals surface area contributed by atoms with E-state index in [1.165, 1.54) is 38.5 Å². The molecule has 4 bridgehead atoms. The molecule has 80 valence electrons. The van der Waals surface area contributed by atoms with Crippen molar-refractivity contribution in [2.24, 2.45) is 17.8 Å². The number of hydrogen-bond donors (Lipinski definition) is 0. The predicted octanol–water partition coefficient (Wildman–Crippen LogP) is 4.61. The second kappa shape index (κ2) is 3.21. The Kier molecular flexibility index (Phi) is 2.42. The van der Waals surface area contributed by atoms with Gasteiger partial charge < -0.3 is 0 Å². The molecule has 0 spiro atoms. The molecule has 0 amide bonds. The third kappa shape index (κ3) is 1.48. The summed E-state index contributed by atoms with van der Waals surface area (Å²) in [5.41, 5.74) is 0. The first-order valence-electron chi connectivity index (χ1n) is 5.55. The Morgan fingerprint density at radius 3 is 1.43 bits per heavy atom. The van der Waals surface area contributed by atoms with Crippen LogP contribution in [0.4, 0.5) is 0 Å². The molecule has 0 unspecified atom stereocenters. The van der Waals surface area contributed by atoms with Crippen molar-refractivity contribution in [1.29, 1.82) is 0 Å². The summed E-state index contributed by atoms with van der Waals surface area (Å²) in [7, 11) is 16.1. The standard InChI is InChI=1S/C10H15Cl3Ge/c11-14(12,13)10-4-7-1-8(5-10)3-9(2-7)6-10/h7-9H,1-6H2. The van der Waals surface area contributed by atoms with E-state index in [1.807, 2.05) is 0 Å². The van der Waals surface area contributed by atoms with Gasteiger partial charge in [-0.15, -0.1) is 0 Å². The van der Waals surface area contributed by atoms with Gasteiger partial charge >= 0.3 is 101 Å². The van der Waals surface area contributed by atoms with Crippen molar-refractivity contribution in [2.75, 3.05) is 0 Å². The summed E-state index contributed by atoms with van der Waals surface area (Å²) >= 11 is 0. The Hall–Kier alpha value is 1.41. The summed E-state index contributed by atoms with van der Waals surface area (Å²) in [5.74, 6) is 2.72. The summed E-state index contributed by atoms with van der Waals surface area (Å²) in [6.07, 6.45) is 8.03. The molecular weight excluding hydrogens is 299 g/mol. The van der Waals surface area contributed by atoms with E-state index in [2.05, 4.69) is 0 Å². The maximum absolute atomic E-state index is 6.37. The summed E-state index contributed by atoms with van der Waals surface area (Å²) in [4.78, 5) is 0. The van der Waals surface area contributed by atoms with Crippen molar-refractivity contribution in [3.05, 3.63) is 0 Å². The van der Waals surface area contributed by atoms with E-state index in [4.69, 9.17) is 30.0 Å². The van der Waals surface area contributed by atoms with Crippen molar-refractivity contribution in [3.8, 4) is 0 Å². The Morgan fingerprint density at radius 1 is 0.786 bits per heavy atom. The van der Waals surface area contributed by atoms with E-state index in [0.29, 0.717) is 0 Å². The molecule has 0 N–H and O–H groups in total. The zero-order chi connectivity index (χ0) is 9.97. The van der Waals surface area contributed by atoms with Crippen LogP contribution in [-0.2, 0) is 0 Å². The van der Waals surface area contributed by atoms with Gasteiger partial charge in [0.2, 0.25) is 0 Å². The van der Waals surface area contributed by atoms with Crippen LogP contribution in [0.2, 0.25) is 4.25 Å². The second-order valence-electron chi connectivity index (χ2n) is 5.70. The van der Waals surface area contributed by atoms with Gasteiger partial charge in [-0.2, -0.15) is 0 Å². The molecule has 0 nitrogen and oxygen atoms in total. The van der Waals surface area contributed by atoms with Crippen LogP contribution in [0, 0.1) is 17.8 Å². The molecule has 0 heterocycles. The molecule has 4 aliphatic rings. The van der Waals surface area contributed by atoms with Gasteiger partial charge in [0.1, 0.15) is 0 Å². The van der Waals surface area contributed by atoms with Crippen molar-refractivity contribution < 1.29 is 0 Å². The molecule has 0 saturated heterocycles. The summed E-state index contributed by atoms with van der Waals surface area (Å²) in [5, 5.41) is 0. The quantitative estimate of drug-likeness (QED) is 0.620. The molecule has 0 aliphatic heterocycles. The zero-order valence-electron chi connectivity index (χ0n) is 8.11. The molecule has 0 aromatic heterocycles. The molecule has 4 aliphatic carbocycles. The van der Waals surface area contributed by atoms with Gasteiger partial charge in [-0.25, -0.2) is 0 Å². The van der Waals surface area contributed by atoms with Crippen LogP contribution >= 0.6 is 30.0 Å². The Labute approximate surface area is 101 Å². The van der Waals surface area contributed by atoms with Crippen LogP contribution in [0.25, 0.3) is 0 Å². The maximum atomic E-state index is 6.37.